The highest BCUT2D eigenvalue weighted by Gasteiger charge is 2.34. The minimum atomic E-state index is -4.32. The third-order valence-electron chi connectivity index (χ3n) is 4.14. The smallest absolute Gasteiger partial charge is 0.396 e. The molecule has 0 bridgehead atoms. The number of halogens is 3. The van der Waals surface area contributed by atoms with E-state index in [1.807, 2.05) is 0 Å². The molecule has 5 heteroatoms. The lowest BCUT2D eigenvalue weighted by Crippen LogP contribution is -2.35. The standard InChI is InChI=1S/C15H20F3NO/c16-15(17,18)13-6-2-1-5-12(13)9-19-10-14(11-20)7-3-4-8-14/h1-2,5-6,19-20H,3-4,7-11H2. The average molecular weight is 287 g/mol. The van der Waals surface area contributed by atoms with Gasteiger partial charge in [-0.25, -0.2) is 0 Å². The molecule has 0 spiro atoms. The van der Waals surface area contributed by atoms with Crippen LogP contribution in [0.4, 0.5) is 13.2 Å². The molecule has 0 aliphatic heterocycles. The van der Waals surface area contributed by atoms with Gasteiger partial charge in [-0.2, -0.15) is 13.2 Å². The van der Waals surface area contributed by atoms with Gasteiger partial charge in [-0.05, 0) is 24.5 Å². The van der Waals surface area contributed by atoms with Crippen LogP contribution in [0.2, 0.25) is 0 Å². The highest BCUT2D eigenvalue weighted by molar-refractivity contribution is 5.29. The number of aliphatic hydroxyl groups is 1. The molecule has 112 valence electrons. The van der Waals surface area contributed by atoms with Gasteiger partial charge in [0.25, 0.3) is 0 Å². The van der Waals surface area contributed by atoms with Crippen LogP contribution in [0.3, 0.4) is 0 Å². The van der Waals surface area contributed by atoms with Crippen molar-refractivity contribution in [2.24, 2.45) is 5.41 Å². The Morgan fingerprint density at radius 1 is 1.15 bits per heavy atom. The van der Waals surface area contributed by atoms with Gasteiger partial charge in [0.05, 0.1) is 5.56 Å². The van der Waals surface area contributed by atoms with Gasteiger partial charge in [0.1, 0.15) is 0 Å². The largest absolute Gasteiger partial charge is 0.416 e. The van der Waals surface area contributed by atoms with Crippen LogP contribution in [-0.2, 0) is 12.7 Å². The number of nitrogens with one attached hydrogen (secondary N) is 1. The van der Waals surface area contributed by atoms with E-state index in [1.54, 1.807) is 6.07 Å². The zero-order valence-corrected chi connectivity index (χ0v) is 11.3. The topological polar surface area (TPSA) is 32.3 Å². The third kappa shape index (κ3) is 3.52. The van der Waals surface area contributed by atoms with E-state index in [-0.39, 0.29) is 24.1 Å². The fourth-order valence-electron chi connectivity index (χ4n) is 2.93. The van der Waals surface area contributed by atoms with E-state index in [4.69, 9.17) is 0 Å². The van der Waals surface area contributed by atoms with Crippen LogP contribution in [0, 0.1) is 5.41 Å². The number of aliphatic hydroxyl groups excluding tert-OH is 1. The van der Waals surface area contributed by atoms with Crippen LogP contribution in [0.5, 0.6) is 0 Å². The molecule has 1 aromatic carbocycles. The van der Waals surface area contributed by atoms with Crippen molar-refractivity contribution >= 4 is 0 Å². The van der Waals surface area contributed by atoms with Gasteiger partial charge < -0.3 is 10.4 Å². The van der Waals surface area contributed by atoms with Crippen molar-refractivity contribution in [3.05, 3.63) is 35.4 Å². The molecular formula is C15H20F3NO. The highest BCUT2D eigenvalue weighted by Crippen LogP contribution is 2.37. The molecule has 1 aliphatic rings. The number of hydrogen-bond acceptors (Lipinski definition) is 2. The lowest BCUT2D eigenvalue weighted by Gasteiger charge is -2.27. The van der Waals surface area contributed by atoms with E-state index in [1.165, 1.54) is 12.1 Å². The van der Waals surface area contributed by atoms with Gasteiger partial charge in [0.2, 0.25) is 0 Å². The Bertz CT molecular complexity index is 439. The molecule has 0 unspecified atom stereocenters. The summed E-state index contributed by atoms with van der Waals surface area (Å²) >= 11 is 0. The summed E-state index contributed by atoms with van der Waals surface area (Å²) in [5.74, 6) is 0. The molecule has 0 saturated heterocycles. The first kappa shape index (κ1) is 15.3. The predicted molar refractivity (Wildman–Crippen MR) is 71.1 cm³/mol. The normalized spacial score (nSPS) is 18.4. The third-order valence-corrected chi connectivity index (χ3v) is 4.14. The summed E-state index contributed by atoms with van der Waals surface area (Å²) in [6, 6.07) is 5.62. The summed E-state index contributed by atoms with van der Waals surface area (Å²) < 4.78 is 38.6. The van der Waals surface area contributed by atoms with E-state index in [0.717, 1.165) is 31.7 Å². The average Bonchev–Trinajstić information content (AvgIpc) is 2.88. The van der Waals surface area contributed by atoms with E-state index in [0.29, 0.717) is 6.54 Å². The Labute approximate surface area is 117 Å². The van der Waals surface area contributed by atoms with Crippen LogP contribution in [0.15, 0.2) is 24.3 Å². The zero-order valence-electron chi connectivity index (χ0n) is 11.3. The molecule has 0 aromatic heterocycles. The summed E-state index contributed by atoms with van der Waals surface area (Å²) in [5, 5.41) is 12.6. The van der Waals surface area contributed by atoms with Gasteiger partial charge in [0.15, 0.2) is 0 Å². The molecule has 2 rings (SSSR count). The minimum Gasteiger partial charge on any atom is -0.396 e. The summed E-state index contributed by atoms with van der Waals surface area (Å²) in [7, 11) is 0. The highest BCUT2D eigenvalue weighted by atomic mass is 19.4. The Balaban J connectivity index is 1.98. The molecule has 0 heterocycles. The van der Waals surface area contributed by atoms with Gasteiger partial charge in [-0.15, -0.1) is 0 Å². The first-order valence-electron chi connectivity index (χ1n) is 6.94. The van der Waals surface area contributed by atoms with Crippen LogP contribution in [0.1, 0.15) is 36.8 Å². The lowest BCUT2D eigenvalue weighted by molar-refractivity contribution is -0.138. The van der Waals surface area contributed by atoms with Crippen LogP contribution >= 0.6 is 0 Å². The van der Waals surface area contributed by atoms with Crippen molar-refractivity contribution in [1.82, 2.24) is 5.32 Å². The molecule has 0 radical (unpaired) electrons. The molecule has 0 amide bonds. The number of rotatable bonds is 5. The fraction of sp³-hybridized carbons (Fsp3) is 0.600. The Morgan fingerprint density at radius 3 is 2.40 bits per heavy atom. The van der Waals surface area contributed by atoms with Crippen molar-refractivity contribution in [1.29, 1.82) is 0 Å². The van der Waals surface area contributed by atoms with Crippen molar-refractivity contribution in [2.75, 3.05) is 13.2 Å². The van der Waals surface area contributed by atoms with Gasteiger partial charge in [-0.3, -0.25) is 0 Å². The molecule has 1 aromatic rings. The predicted octanol–water partition coefficient (Wildman–Crippen LogP) is 3.35. The SMILES string of the molecule is OCC1(CNCc2ccccc2C(F)(F)F)CCCC1. The van der Waals surface area contributed by atoms with Crippen molar-refractivity contribution < 1.29 is 18.3 Å². The summed E-state index contributed by atoms with van der Waals surface area (Å²) in [4.78, 5) is 0. The van der Waals surface area contributed by atoms with E-state index in [9.17, 15) is 18.3 Å². The van der Waals surface area contributed by atoms with Crippen LogP contribution in [-0.4, -0.2) is 18.3 Å². The van der Waals surface area contributed by atoms with Crippen LogP contribution < -0.4 is 5.32 Å². The second-order valence-electron chi connectivity index (χ2n) is 5.62. The molecule has 2 nitrogen and oxygen atoms in total. The zero-order chi connectivity index (χ0) is 14.6. The summed E-state index contributed by atoms with van der Waals surface area (Å²) in [6.45, 7) is 0.841. The second kappa shape index (κ2) is 6.14. The summed E-state index contributed by atoms with van der Waals surface area (Å²) in [6.07, 6.45) is -0.266. The molecular weight excluding hydrogens is 267 g/mol. The monoisotopic (exact) mass is 287 g/mol. The van der Waals surface area contributed by atoms with Gasteiger partial charge in [-0.1, -0.05) is 31.0 Å². The lowest BCUT2D eigenvalue weighted by atomic mass is 9.87. The number of benzene rings is 1. The number of alkyl halides is 3. The first-order valence-corrected chi connectivity index (χ1v) is 6.94. The second-order valence-corrected chi connectivity index (χ2v) is 5.62. The van der Waals surface area contributed by atoms with E-state index in [2.05, 4.69) is 5.32 Å². The first-order chi connectivity index (χ1) is 9.47. The molecule has 20 heavy (non-hydrogen) atoms. The van der Waals surface area contributed by atoms with Crippen molar-refractivity contribution in [2.45, 2.75) is 38.4 Å². The quantitative estimate of drug-likeness (QED) is 0.870. The minimum absolute atomic E-state index is 0.0981. The Morgan fingerprint density at radius 2 is 1.80 bits per heavy atom. The molecule has 1 saturated carbocycles. The molecule has 0 atom stereocenters. The van der Waals surface area contributed by atoms with Crippen molar-refractivity contribution in [3.8, 4) is 0 Å². The maximum atomic E-state index is 12.9. The fourth-order valence-corrected chi connectivity index (χ4v) is 2.93. The molecule has 1 aliphatic carbocycles. The maximum Gasteiger partial charge on any atom is 0.416 e. The molecule has 2 N–H and O–H groups in total. The van der Waals surface area contributed by atoms with Gasteiger partial charge in [0, 0.05) is 25.1 Å². The van der Waals surface area contributed by atoms with Crippen molar-refractivity contribution in [3.63, 3.8) is 0 Å². The molecule has 1 fully saturated rings. The van der Waals surface area contributed by atoms with Crippen LogP contribution in [0.25, 0.3) is 0 Å². The maximum absolute atomic E-state index is 12.9. The Hall–Kier alpha value is -1.07. The Kier molecular flexibility index (Phi) is 4.70. The van der Waals surface area contributed by atoms with E-state index >= 15 is 0 Å². The van der Waals surface area contributed by atoms with Gasteiger partial charge >= 0.3 is 6.18 Å². The number of hydrogen-bond donors (Lipinski definition) is 2. The van der Waals surface area contributed by atoms with E-state index < -0.39 is 11.7 Å². The summed E-state index contributed by atoms with van der Waals surface area (Å²) in [5.41, 5.74) is -0.476.